The van der Waals surface area contributed by atoms with Gasteiger partial charge in [-0.3, -0.25) is 4.31 Å². The average Bonchev–Trinajstić information content (AvgIpc) is 2.86. The zero-order valence-electron chi connectivity index (χ0n) is 20.0. The summed E-state index contributed by atoms with van der Waals surface area (Å²) in [5.74, 6) is -0.338. The third-order valence-corrected chi connectivity index (χ3v) is 8.07. The van der Waals surface area contributed by atoms with Gasteiger partial charge in [0.15, 0.2) is 0 Å². The minimum atomic E-state index is -4.73. The van der Waals surface area contributed by atoms with E-state index in [9.17, 15) is 26.0 Å². The molecule has 0 amide bonds. The molecule has 0 aliphatic carbocycles. The van der Waals surface area contributed by atoms with E-state index in [0.29, 0.717) is 17.2 Å². The van der Waals surface area contributed by atoms with Crippen molar-refractivity contribution in [3.05, 3.63) is 88.2 Å². The number of ether oxygens (including phenoxy) is 1. The molecule has 1 aliphatic heterocycles. The quantitative estimate of drug-likeness (QED) is 0.232. The molecule has 38 heavy (non-hydrogen) atoms. The van der Waals surface area contributed by atoms with Gasteiger partial charge in [0.1, 0.15) is 17.7 Å². The van der Waals surface area contributed by atoms with Gasteiger partial charge in [0.05, 0.1) is 33.8 Å². The molecular formula is C27H21ClF4N2O3S. The van der Waals surface area contributed by atoms with Crippen LogP contribution in [-0.2, 0) is 16.2 Å². The Morgan fingerprint density at radius 3 is 2.61 bits per heavy atom. The Morgan fingerprint density at radius 1 is 1.18 bits per heavy atom. The molecule has 1 unspecified atom stereocenters. The van der Waals surface area contributed by atoms with Crippen molar-refractivity contribution in [2.45, 2.75) is 36.9 Å². The standard InChI is InChI=1S/C27H21ClF4N2O3S/c1-17(26-22(28)8-3-9-23(26)29)13-18-10-11-25-24(14-18)34(16-20(37-25)6-4-12-33)38(35,36)21-7-2-5-19(15-21)27(30,31)32/h2-3,5,7-11,13-15,20H,4,6,16H2,1H3/b17-13+. The molecule has 0 saturated carbocycles. The molecule has 1 atom stereocenters. The normalized spacial score (nSPS) is 16.0. The molecule has 0 N–H and O–H groups in total. The lowest BCUT2D eigenvalue weighted by Gasteiger charge is -2.35. The van der Waals surface area contributed by atoms with E-state index in [-0.39, 0.29) is 41.4 Å². The maximum Gasteiger partial charge on any atom is 0.416 e. The van der Waals surface area contributed by atoms with Crippen molar-refractivity contribution < 1.29 is 30.7 Å². The molecule has 0 fully saturated rings. The SMILES string of the molecule is C/C(=C\c1ccc2c(c1)N(S(=O)(=O)c1cccc(C(F)(F)F)c1)CC(CCC#N)O2)c1c(F)cccc1Cl. The van der Waals surface area contributed by atoms with Gasteiger partial charge in [0.25, 0.3) is 10.0 Å². The lowest BCUT2D eigenvalue weighted by Crippen LogP contribution is -2.43. The fraction of sp³-hybridized carbons (Fsp3) is 0.222. The van der Waals surface area contributed by atoms with E-state index in [1.165, 1.54) is 24.3 Å². The molecule has 0 aromatic heterocycles. The molecule has 1 heterocycles. The topological polar surface area (TPSA) is 70.4 Å². The molecule has 4 rings (SSSR count). The number of fused-ring (bicyclic) bond motifs is 1. The number of halogens is 5. The van der Waals surface area contributed by atoms with E-state index in [1.807, 2.05) is 6.07 Å². The second-order valence-corrected chi connectivity index (χ2v) is 10.9. The first-order chi connectivity index (χ1) is 17.9. The largest absolute Gasteiger partial charge is 0.486 e. The predicted octanol–water partition coefficient (Wildman–Crippen LogP) is 7.32. The number of rotatable bonds is 6. The maximum atomic E-state index is 14.4. The van der Waals surface area contributed by atoms with Crippen molar-refractivity contribution in [3.63, 3.8) is 0 Å². The summed E-state index contributed by atoms with van der Waals surface area (Å²) < 4.78 is 88.5. The van der Waals surface area contributed by atoms with Crippen LogP contribution in [0.1, 0.15) is 36.5 Å². The Bertz CT molecular complexity index is 1530. The molecule has 5 nitrogen and oxygen atoms in total. The van der Waals surface area contributed by atoms with Gasteiger partial charge in [0, 0.05) is 12.0 Å². The predicted molar refractivity (Wildman–Crippen MR) is 137 cm³/mol. The summed E-state index contributed by atoms with van der Waals surface area (Å²) in [6.07, 6.45) is -3.49. The van der Waals surface area contributed by atoms with Crippen LogP contribution in [0.15, 0.2) is 65.6 Å². The number of hydrogen-bond donors (Lipinski definition) is 0. The first kappa shape index (κ1) is 27.5. The number of alkyl halides is 3. The molecule has 0 bridgehead atoms. The summed E-state index contributed by atoms with van der Waals surface area (Å²) in [6.45, 7) is 1.44. The van der Waals surface area contributed by atoms with Gasteiger partial charge in [-0.25, -0.2) is 12.8 Å². The number of anilines is 1. The van der Waals surface area contributed by atoms with Crippen LogP contribution in [0.4, 0.5) is 23.2 Å². The molecule has 3 aromatic carbocycles. The number of benzene rings is 3. The van der Waals surface area contributed by atoms with Crippen molar-refractivity contribution in [1.29, 1.82) is 5.26 Å². The number of nitrogens with zero attached hydrogens (tertiary/aromatic N) is 2. The van der Waals surface area contributed by atoms with E-state index >= 15 is 0 Å². The van der Waals surface area contributed by atoms with Gasteiger partial charge in [-0.1, -0.05) is 35.9 Å². The smallest absolute Gasteiger partial charge is 0.416 e. The van der Waals surface area contributed by atoms with Crippen LogP contribution in [0.3, 0.4) is 0 Å². The molecule has 3 aromatic rings. The monoisotopic (exact) mass is 564 g/mol. The van der Waals surface area contributed by atoms with Gasteiger partial charge in [-0.2, -0.15) is 18.4 Å². The fourth-order valence-corrected chi connectivity index (χ4v) is 6.04. The summed E-state index contributed by atoms with van der Waals surface area (Å²) >= 11 is 6.17. The van der Waals surface area contributed by atoms with E-state index < -0.39 is 38.6 Å². The molecule has 0 radical (unpaired) electrons. The van der Waals surface area contributed by atoms with Gasteiger partial charge >= 0.3 is 6.18 Å². The highest BCUT2D eigenvalue weighted by Gasteiger charge is 2.37. The first-order valence-electron chi connectivity index (χ1n) is 11.4. The van der Waals surface area contributed by atoms with Gasteiger partial charge < -0.3 is 4.74 Å². The molecule has 1 aliphatic rings. The second kappa shape index (κ2) is 10.7. The third-order valence-electron chi connectivity index (χ3n) is 5.98. The zero-order chi connectivity index (χ0) is 27.7. The second-order valence-electron chi connectivity index (χ2n) is 8.65. The fourth-order valence-electron chi connectivity index (χ4n) is 4.18. The number of nitriles is 1. The van der Waals surface area contributed by atoms with Gasteiger partial charge in [-0.05, 0) is 66.9 Å². The van der Waals surface area contributed by atoms with Crippen LogP contribution in [0.2, 0.25) is 5.02 Å². The number of sulfonamides is 1. The average molecular weight is 565 g/mol. The molecule has 0 spiro atoms. The summed E-state index contributed by atoms with van der Waals surface area (Å²) in [4.78, 5) is -0.533. The van der Waals surface area contributed by atoms with Gasteiger partial charge in [-0.15, -0.1) is 0 Å². The highest BCUT2D eigenvalue weighted by Crippen LogP contribution is 2.40. The zero-order valence-corrected chi connectivity index (χ0v) is 21.5. The highest BCUT2D eigenvalue weighted by atomic mass is 35.5. The van der Waals surface area contributed by atoms with Crippen molar-refractivity contribution in [2.24, 2.45) is 0 Å². The Labute approximate surface area is 222 Å². The summed E-state index contributed by atoms with van der Waals surface area (Å²) in [7, 11) is -4.46. The third kappa shape index (κ3) is 5.64. The van der Waals surface area contributed by atoms with Crippen molar-refractivity contribution in [1.82, 2.24) is 0 Å². The Kier molecular flexibility index (Phi) is 7.72. The van der Waals surface area contributed by atoms with Crippen LogP contribution in [0, 0.1) is 17.1 Å². The van der Waals surface area contributed by atoms with Gasteiger partial charge in [0.2, 0.25) is 0 Å². The highest BCUT2D eigenvalue weighted by molar-refractivity contribution is 7.92. The van der Waals surface area contributed by atoms with Crippen LogP contribution in [-0.4, -0.2) is 21.1 Å². The molecular weight excluding hydrogens is 544 g/mol. The van der Waals surface area contributed by atoms with E-state index in [4.69, 9.17) is 21.6 Å². The Morgan fingerprint density at radius 2 is 1.92 bits per heavy atom. The Balaban J connectivity index is 1.81. The lowest BCUT2D eigenvalue weighted by molar-refractivity contribution is -0.137. The van der Waals surface area contributed by atoms with Crippen LogP contribution < -0.4 is 9.04 Å². The molecule has 198 valence electrons. The number of hydrogen-bond acceptors (Lipinski definition) is 4. The first-order valence-corrected chi connectivity index (χ1v) is 13.2. The van der Waals surface area contributed by atoms with E-state index in [0.717, 1.165) is 22.5 Å². The molecule has 0 saturated heterocycles. The lowest BCUT2D eigenvalue weighted by atomic mass is 10.0. The van der Waals surface area contributed by atoms with Crippen molar-refractivity contribution in [2.75, 3.05) is 10.8 Å². The maximum absolute atomic E-state index is 14.4. The van der Waals surface area contributed by atoms with E-state index in [2.05, 4.69) is 0 Å². The van der Waals surface area contributed by atoms with Crippen molar-refractivity contribution in [3.8, 4) is 11.8 Å². The minimum absolute atomic E-state index is 0.0981. The summed E-state index contributed by atoms with van der Waals surface area (Å²) in [5.41, 5.74) is 0.167. The van der Waals surface area contributed by atoms with Crippen LogP contribution in [0.5, 0.6) is 5.75 Å². The minimum Gasteiger partial charge on any atom is -0.486 e. The van der Waals surface area contributed by atoms with Crippen molar-refractivity contribution >= 4 is 39.0 Å². The molecule has 11 heteroatoms. The van der Waals surface area contributed by atoms with Crippen LogP contribution >= 0.6 is 11.6 Å². The van der Waals surface area contributed by atoms with Crippen LogP contribution in [0.25, 0.3) is 11.6 Å². The van der Waals surface area contributed by atoms with E-state index in [1.54, 1.807) is 25.1 Å². The summed E-state index contributed by atoms with van der Waals surface area (Å²) in [6, 6.07) is 14.4. The Hall–Kier alpha value is -3.55. The number of allylic oxidation sites excluding steroid dienone is 1. The summed E-state index contributed by atoms with van der Waals surface area (Å²) in [5, 5.41) is 9.17.